The number of nitrogens with one attached hydrogen (secondary N) is 1. The molecule has 0 unspecified atom stereocenters. The fraction of sp³-hybridized carbons (Fsp3) is 0.400. The minimum absolute atomic E-state index is 0.0214. The van der Waals surface area contributed by atoms with Gasteiger partial charge in [0.2, 0.25) is 0 Å². The van der Waals surface area contributed by atoms with Gasteiger partial charge in [0.25, 0.3) is 5.91 Å². The van der Waals surface area contributed by atoms with E-state index in [1.165, 1.54) is 0 Å². The first-order valence-corrected chi connectivity index (χ1v) is 12.0. The number of alkyl carbamates (subject to hydrolysis) is 1. The van der Waals surface area contributed by atoms with Crippen LogP contribution in [0.1, 0.15) is 56.5 Å². The molecule has 33 heavy (non-hydrogen) atoms. The summed E-state index contributed by atoms with van der Waals surface area (Å²) in [5.41, 5.74) is 8.99. The van der Waals surface area contributed by atoms with Gasteiger partial charge in [-0.3, -0.25) is 4.79 Å². The third-order valence-electron chi connectivity index (χ3n) is 4.90. The van der Waals surface area contributed by atoms with Crippen LogP contribution in [-0.2, 0) is 22.6 Å². The average Bonchev–Trinajstić information content (AvgIpc) is 3.10. The number of nitrogens with zero attached hydrogens (tertiary/aromatic N) is 2. The zero-order chi connectivity index (χ0) is 24.0. The van der Waals surface area contributed by atoms with Crippen LogP contribution >= 0.6 is 11.3 Å². The molecule has 3 N–H and O–H groups in total. The smallest absolute Gasteiger partial charge is 0.407 e. The topological polar surface area (TPSA) is 97.0 Å². The molecule has 8 heteroatoms. The van der Waals surface area contributed by atoms with E-state index in [1.807, 2.05) is 67.5 Å². The van der Waals surface area contributed by atoms with Gasteiger partial charge in [-0.1, -0.05) is 31.2 Å². The number of thiophene rings is 1. The lowest BCUT2D eigenvalue weighted by Gasteiger charge is -2.24. The maximum absolute atomic E-state index is 13.4. The van der Waals surface area contributed by atoms with Crippen molar-refractivity contribution < 1.29 is 14.3 Å². The molecule has 1 aromatic carbocycles. The summed E-state index contributed by atoms with van der Waals surface area (Å²) in [6.07, 6.45) is 2.67. The predicted octanol–water partition coefficient (Wildman–Crippen LogP) is 4.99. The number of amidine groups is 1. The standard InChI is InChI=1S/C25H32N4O3S/c1-5-11-29(23(30)19-13-21-20(10-12-33-21)28-22(26)14-19)16-18-8-6-17(7-9-18)15-27-24(31)32-25(2,3)4/h6-10,12-13H,5,11,14-16H2,1-4H3,(H2,26,28)(H,27,31). The number of benzene rings is 1. The highest BCUT2D eigenvalue weighted by Gasteiger charge is 2.22. The second-order valence-corrected chi connectivity index (χ2v) is 9.97. The molecular formula is C25H32N4O3S. The summed E-state index contributed by atoms with van der Waals surface area (Å²) in [4.78, 5) is 32.5. The molecule has 2 aromatic rings. The summed E-state index contributed by atoms with van der Waals surface area (Å²) in [6.45, 7) is 9.06. The quantitative estimate of drug-likeness (QED) is 0.598. The van der Waals surface area contributed by atoms with Gasteiger partial charge in [-0.05, 0) is 55.8 Å². The van der Waals surface area contributed by atoms with Crippen molar-refractivity contribution in [3.8, 4) is 0 Å². The van der Waals surface area contributed by atoms with Gasteiger partial charge >= 0.3 is 6.09 Å². The molecule has 0 fully saturated rings. The van der Waals surface area contributed by atoms with Crippen LogP contribution in [0.4, 0.5) is 10.5 Å². The third kappa shape index (κ3) is 7.18. The van der Waals surface area contributed by atoms with Gasteiger partial charge in [0.05, 0.1) is 10.6 Å². The van der Waals surface area contributed by atoms with Gasteiger partial charge in [-0.25, -0.2) is 9.79 Å². The van der Waals surface area contributed by atoms with Gasteiger partial charge in [0.1, 0.15) is 11.4 Å². The Labute approximate surface area is 199 Å². The molecule has 1 aliphatic heterocycles. The van der Waals surface area contributed by atoms with E-state index < -0.39 is 11.7 Å². The number of nitrogens with two attached hydrogens (primary N) is 1. The first-order chi connectivity index (χ1) is 15.6. The van der Waals surface area contributed by atoms with Crippen molar-refractivity contribution in [1.29, 1.82) is 0 Å². The van der Waals surface area contributed by atoms with Crippen molar-refractivity contribution in [1.82, 2.24) is 10.2 Å². The van der Waals surface area contributed by atoms with Crippen LogP contribution in [-0.4, -0.2) is 34.9 Å². The van der Waals surface area contributed by atoms with E-state index in [1.54, 1.807) is 11.3 Å². The number of carbonyl (C=O) groups excluding carboxylic acids is 2. The molecule has 0 saturated carbocycles. The zero-order valence-electron chi connectivity index (χ0n) is 19.7. The van der Waals surface area contributed by atoms with Crippen molar-refractivity contribution in [2.45, 2.75) is 59.2 Å². The monoisotopic (exact) mass is 468 g/mol. The predicted molar refractivity (Wildman–Crippen MR) is 133 cm³/mol. The Hall–Kier alpha value is -3.13. The van der Waals surface area contributed by atoms with Crippen LogP contribution in [0.25, 0.3) is 6.08 Å². The Kier molecular flexibility index (Phi) is 7.92. The largest absolute Gasteiger partial charge is 0.444 e. The van der Waals surface area contributed by atoms with E-state index in [0.29, 0.717) is 37.5 Å². The highest BCUT2D eigenvalue weighted by atomic mass is 32.1. The molecule has 3 rings (SSSR count). The number of rotatable bonds is 7. The van der Waals surface area contributed by atoms with E-state index in [2.05, 4.69) is 17.2 Å². The number of hydrogen-bond donors (Lipinski definition) is 2. The molecule has 0 aliphatic carbocycles. The number of hydrogen-bond acceptors (Lipinski definition) is 6. The van der Waals surface area contributed by atoms with Crippen LogP contribution in [0.3, 0.4) is 0 Å². The van der Waals surface area contributed by atoms with Gasteiger partial charge in [0, 0.05) is 31.6 Å². The number of amides is 2. The molecule has 2 heterocycles. The number of aliphatic imine (C=N–C) groups is 1. The molecule has 2 amide bonds. The highest BCUT2D eigenvalue weighted by Crippen LogP contribution is 2.31. The van der Waals surface area contributed by atoms with E-state index >= 15 is 0 Å². The summed E-state index contributed by atoms with van der Waals surface area (Å²) < 4.78 is 5.26. The number of ether oxygens (including phenoxy) is 1. The second kappa shape index (κ2) is 10.7. The third-order valence-corrected chi connectivity index (χ3v) is 5.75. The first-order valence-electron chi connectivity index (χ1n) is 11.1. The van der Waals surface area contributed by atoms with Gasteiger partial charge in [-0.15, -0.1) is 11.3 Å². The maximum Gasteiger partial charge on any atom is 0.407 e. The molecule has 0 atom stereocenters. The molecule has 1 aliphatic rings. The fourth-order valence-electron chi connectivity index (χ4n) is 3.45. The maximum atomic E-state index is 13.4. The van der Waals surface area contributed by atoms with Crippen molar-refractivity contribution in [2.24, 2.45) is 10.7 Å². The van der Waals surface area contributed by atoms with Crippen LogP contribution in [0.2, 0.25) is 0 Å². The lowest BCUT2D eigenvalue weighted by molar-refractivity contribution is -0.127. The minimum Gasteiger partial charge on any atom is -0.444 e. The van der Waals surface area contributed by atoms with Crippen molar-refractivity contribution in [3.05, 3.63) is 57.3 Å². The van der Waals surface area contributed by atoms with Crippen molar-refractivity contribution in [2.75, 3.05) is 6.54 Å². The molecule has 0 saturated heterocycles. The fourth-order valence-corrected chi connectivity index (χ4v) is 4.24. The molecule has 0 radical (unpaired) electrons. The van der Waals surface area contributed by atoms with E-state index in [0.717, 1.165) is 28.1 Å². The van der Waals surface area contributed by atoms with E-state index in [-0.39, 0.29) is 5.91 Å². The normalized spacial score (nSPS) is 13.3. The summed E-state index contributed by atoms with van der Waals surface area (Å²) in [5, 5.41) is 4.71. The number of carbonyl (C=O) groups is 2. The molecule has 7 nitrogen and oxygen atoms in total. The van der Waals surface area contributed by atoms with Crippen LogP contribution in [0.5, 0.6) is 0 Å². The zero-order valence-corrected chi connectivity index (χ0v) is 20.5. The lowest BCUT2D eigenvalue weighted by atomic mass is 10.1. The molecule has 1 aromatic heterocycles. The lowest BCUT2D eigenvalue weighted by Crippen LogP contribution is -2.33. The van der Waals surface area contributed by atoms with E-state index in [4.69, 9.17) is 10.5 Å². The summed E-state index contributed by atoms with van der Waals surface area (Å²) >= 11 is 1.55. The minimum atomic E-state index is -0.530. The number of fused-ring (bicyclic) bond motifs is 1. The summed E-state index contributed by atoms with van der Waals surface area (Å²) in [7, 11) is 0. The van der Waals surface area contributed by atoms with Gasteiger partial charge < -0.3 is 20.7 Å². The van der Waals surface area contributed by atoms with Gasteiger partial charge in [-0.2, -0.15) is 0 Å². The van der Waals surface area contributed by atoms with Gasteiger partial charge in [0.15, 0.2) is 0 Å². The highest BCUT2D eigenvalue weighted by molar-refractivity contribution is 7.11. The SMILES string of the molecule is CCCN(Cc1ccc(CNC(=O)OC(C)(C)C)cc1)C(=O)C1=Cc2sccc2N=C(N)C1. The Morgan fingerprint density at radius 1 is 1.18 bits per heavy atom. The van der Waals surface area contributed by atoms with Crippen molar-refractivity contribution >= 4 is 40.9 Å². The van der Waals surface area contributed by atoms with Crippen LogP contribution in [0, 0.1) is 0 Å². The Morgan fingerprint density at radius 3 is 2.55 bits per heavy atom. The molecule has 0 bridgehead atoms. The summed E-state index contributed by atoms with van der Waals surface area (Å²) in [6, 6.07) is 9.79. The first kappa shape index (κ1) is 24.5. The Bertz CT molecular complexity index is 1050. The average molecular weight is 469 g/mol. The van der Waals surface area contributed by atoms with Crippen molar-refractivity contribution in [3.63, 3.8) is 0 Å². The van der Waals surface area contributed by atoms with Crippen LogP contribution in [0.15, 0.2) is 46.3 Å². The summed E-state index contributed by atoms with van der Waals surface area (Å²) in [5.74, 6) is 0.428. The second-order valence-electron chi connectivity index (χ2n) is 9.02. The molecule has 176 valence electrons. The Morgan fingerprint density at radius 2 is 1.88 bits per heavy atom. The van der Waals surface area contributed by atoms with Crippen LogP contribution < -0.4 is 11.1 Å². The Balaban J connectivity index is 1.66. The molecular weight excluding hydrogens is 436 g/mol. The van der Waals surface area contributed by atoms with E-state index in [9.17, 15) is 9.59 Å². The molecule has 0 spiro atoms.